The first-order valence-electron chi connectivity index (χ1n) is 7.78. The number of thioether (sulfide) groups is 1. The summed E-state index contributed by atoms with van der Waals surface area (Å²) >= 11 is 16.7. The van der Waals surface area contributed by atoms with Gasteiger partial charge in [0, 0.05) is 9.92 Å². The first kappa shape index (κ1) is 22.5. The van der Waals surface area contributed by atoms with Crippen LogP contribution in [0, 0.1) is 0 Å². The molecule has 28 heavy (non-hydrogen) atoms. The number of carbonyl (C=O) groups is 2. The third kappa shape index (κ3) is 7.35. The summed E-state index contributed by atoms with van der Waals surface area (Å²) in [6.07, 6.45) is 1.45. The lowest BCUT2D eigenvalue weighted by molar-refractivity contribution is -0.142. The van der Waals surface area contributed by atoms with Crippen LogP contribution >= 0.6 is 50.9 Å². The summed E-state index contributed by atoms with van der Waals surface area (Å²) in [7, 11) is 1.27. The van der Waals surface area contributed by atoms with Gasteiger partial charge in [0.2, 0.25) is 5.91 Å². The fourth-order valence-electron chi connectivity index (χ4n) is 1.87. The van der Waals surface area contributed by atoms with Gasteiger partial charge < -0.3 is 9.47 Å². The fourth-order valence-corrected chi connectivity index (χ4v) is 3.68. The number of nitrogens with zero attached hydrogens (tertiary/aromatic N) is 1. The highest BCUT2D eigenvalue weighted by Crippen LogP contribution is 2.34. The van der Waals surface area contributed by atoms with Crippen LogP contribution in [0.5, 0.6) is 5.75 Å². The molecule has 0 aliphatic heterocycles. The van der Waals surface area contributed by atoms with Crippen LogP contribution in [-0.4, -0.2) is 37.6 Å². The second kappa shape index (κ2) is 11.3. The van der Waals surface area contributed by atoms with Crippen LogP contribution in [0.4, 0.5) is 0 Å². The third-order valence-electron chi connectivity index (χ3n) is 3.17. The lowest BCUT2D eigenvalue weighted by atomic mass is 10.2. The Morgan fingerprint density at radius 2 is 1.96 bits per heavy atom. The summed E-state index contributed by atoms with van der Waals surface area (Å²) in [5, 5.41) is 4.84. The van der Waals surface area contributed by atoms with Crippen molar-refractivity contribution in [2.45, 2.75) is 4.90 Å². The van der Waals surface area contributed by atoms with Gasteiger partial charge >= 0.3 is 5.97 Å². The van der Waals surface area contributed by atoms with Gasteiger partial charge in [-0.05, 0) is 57.9 Å². The molecule has 0 atom stereocenters. The largest absolute Gasteiger partial charge is 0.479 e. The Labute approximate surface area is 184 Å². The molecule has 1 amide bonds. The molecule has 6 nitrogen and oxygen atoms in total. The molecular weight excluding hydrogens is 491 g/mol. The van der Waals surface area contributed by atoms with Crippen LogP contribution < -0.4 is 10.2 Å². The first-order chi connectivity index (χ1) is 13.4. The van der Waals surface area contributed by atoms with E-state index in [2.05, 4.69) is 31.2 Å². The molecule has 2 rings (SSSR count). The van der Waals surface area contributed by atoms with Gasteiger partial charge in [0.25, 0.3) is 0 Å². The van der Waals surface area contributed by atoms with E-state index in [-0.39, 0.29) is 23.3 Å². The fraction of sp³-hybridized carbons (Fsp3) is 0.167. The minimum atomic E-state index is -0.521. The van der Waals surface area contributed by atoms with Crippen molar-refractivity contribution in [2.75, 3.05) is 19.5 Å². The molecule has 0 saturated carbocycles. The highest BCUT2D eigenvalue weighted by molar-refractivity contribution is 9.10. The van der Waals surface area contributed by atoms with Crippen LogP contribution in [-0.2, 0) is 14.3 Å². The second-order valence-corrected chi connectivity index (χ2v) is 7.96. The van der Waals surface area contributed by atoms with Gasteiger partial charge in [-0.1, -0.05) is 23.2 Å². The average Bonchev–Trinajstić information content (AvgIpc) is 2.66. The van der Waals surface area contributed by atoms with Crippen molar-refractivity contribution in [1.82, 2.24) is 5.43 Å². The molecule has 148 valence electrons. The number of methoxy groups -OCH3 is 1. The number of hydrogen-bond donors (Lipinski definition) is 1. The Morgan fingerprint density at radius 1 is 1.25 bits per heavy atom. The van der Waals surface area contributed by atoms with E-state index < -0.39 is 5.97 Å². The van der Waals surface area contributed by atoms with Crippen molar-refractivity contribution in [3.05, 3.63) is 56.5 Å². The van der Waals surface area contributed by atoms with Crippen LogP contribution in [0.1, 0.15) is 5.56 Å². The highest BCUT2D eigenvalue weighted by atomic mass is 79.9. The lowest BCUT2D eigenvalue weighted by Crippen LogP contribution is -2.19. The van der Waals surface area contributed by atoms with Crippen LogP contribution in [0.2, 0.25) is 10.0 Å². The maximum absolute atomic E-state index is 11.9. The van der Waals surface area contributed by atoms with E-state index in [1.54, 1.807) is 24.3 Å². The molecule has 0 bridgehead atoms. The molecule has 0 unspecified atom stereocenters. The van der Waals surface area contributed by atoms with Crippen molar-refractivity contribution >= 4 is 69.0 Å². The van der Waals surface area contributed by atoms with E-state index in [4.69, 9.17) is 27.9 Å². The molecule has 2 aromatic rings. The number of hydrogen-bond acceptors (Lipinski definition) is 6. The van der Waals surface area contributed by atoms with Gasteiger partial charge in [-0.2, -0.15) is 5.10 Å². The number of carbonyl (C=O) groups excluding carboxylic acids is 2. The number of halogens is 3. The maximum Gasteiger partial charge on any atom is 0.343 e. The number of ether oxygens (including phenoxy) is 2. The van der Waals surface area contributed by atoms with E-state index >= 15 is 0 Å². The van der Waals surface area contributed by atoms with Crippen molar-refractivity contribution < 1.29 is 19.1 Å². The molecule has 0 saturated heterocycles. The number of rotatable bonds is 8. The molecule has 0 aliphatic carbocycles. The Bertz CT molecular complexity index is 855. The summed E-state index contributed by atoms with van der Waals surface area (Å²) in [5.41, 5.74) is 3.08. The van der Waals surface area contributed by atoms with Crippen LogP contribution in [0.3, 0.4) is 0 Å². The summed E-state index contributed by atoms with van der Waals surface area (Å²) in [6, 6.07) is 10.5. The number of esters is 1. The van der Waals surface area contributed by atoms with Crippen LogP contribution in [0.15, 0.2) is 50.9 Å². The lowest BCUT2D eigenvalue weighted by Gasteiger charge is -2.09. The van der Waals surface area contributed by atoms with E-state index in [0.29, 0.717) is 20.8 Å². The summed E-state index contributed by atoms with van der Waals surface area (Å²) in [6.45, 7) is -0.260. The Morgan fingerprint density at radius 3 is 2.61 bits per heavy atom. The molecule has 0 radical (unpaired) electrons. The predicted octanol–water partition coefficient (Wildman–Crippen LogP) is 4.55. The predicted molar refractivity (Wildman–Crippen MR) is 115 cm³/mol. The van der Waals surface area contributed by atoms with Crippen molar-refractivity contribution in [3.8, 4) is 5.75 Å². The zero-order valence-corrected chi connectivity index (χ0v) is 18.5. The molecule has 0 heterocycles. The smallest absolute Gasteiger partial charge is 0.343 e. The SMILES string of the molecule is COC(=O)COc1c(Cl)cc(/C=N\NC(=O)CSc2ccc(Cl)cc2)cc1Br. The van der Waals surface area contributed by atoms with Crippen molar-refractivity contribution in [1.29, 1.82) is 0 Å². The second-order valence-electron chi connectivity index (χ2n) is 5.21. The maximum atomic E-state index is 11.9. The molecular formula is C18H15BrCl2N2O4S. The van der Waals surface area contributed by atoms with Gasteiger partial charge in [0.05, 0.1) is 28.6 Å². The monoisotopic (exact) mass is 504 g/mol. The number of hydrazone groups is 1. The molecule has 10 heteroatoms. The van der Waals surface area contributed by atoms with E-state index in [1.807, 2.05) is 12.1 Å². The van der Waals surface area contributed by atoms with Gasteiger partial charge in [0.15, 0.2) is 12.4 Å². The highest BCUT2D eigenvalue weighted by Gasteiger charge is 2.11. The molecule has 0 fully saturated rings. The summed E-state index contributed by atoms with van der Waals surface area (Å²) in [5.74, 6) is -0.246. The van der Waals surface area contributed by atoms with E-state index in [0.717, 1.165) is 4.90 Å². The Kier molecular flexibility index (Phi) is 9.11. The van der Waals surface area contributed by atoms with E-state index in [9.17, 15) is 9.59 Å². The van der Waals surface area contributed by atoms with Crippen molar-refractivity contribution in [2.24, 2.45) is 5.10 Å². The first-order valence-corrected chi connectivity index (χ1v) is 10.3. The zero-order chi connectivity index (χ0) is 20.5. The number of amides is 1. The quantitative estimate of drug-likeness (QED) is 0.246. The normalized spacial score (nSPS) is 10.7. The van der Waals surface area contributed by atoms with Gasteiger partial charge in [-0.15, -0.1) is 11.8 Å². The average molecular weight is 506 g/mol. The molecule has 0 aromatic heterocycles. The summed E-state index contributed by atoms with van der Waals surface area (Å²) < 4.78 is 10.4. The minimum Gasteiger partial charge on any atom is -0.479 e. The topological polar surface area (TPSA) is 77.0 Å². The number of nitrogens with one attached hydrogen (secondary N) is 1. The molecule has 0 spiro atoms. The minimum absolute atomic E-state index is 0.212. The van der Waals surface area contributed by atoms with Crippen LogP contribution in [0.25, 0.3) is 0 Å². The molecule has 0 aliphatic rings. The zero-order valence-electron chi connectivity index (χ0n) is 14.6. The molecule has 1 N–H and O–H groups in total. The van der Waals surface area contributed by atoms with Gasteiger partial charge in [0.1, 0.15) is 0 Å². The van der Waals surface area contributed by atoms with Gasteiger partial charge in [-0.25, -0.2) is 10.2 Å². The number of benzene rings is 2. The molecule has 2 aromatic carbocycles. The Balaban J connectivity index is 1.88. The van der Waals surface area contributed by atoms with Crippen molar-refractivity contribution in [3.63, 3.8) is 0 Å². The van der Waals surface area contributed by atoms with Gasteiger partial charge in [-0.3, -0.25) is 4.79 Å². The summed E-state index contributed by atoms with van der Waals surface area (Å²) in [4.78, 5) is 24.0. The standard InChI is InChI=1S/C18H15BrCl2N2O4S/c1-26-17(25)9-27-18-14(19)6-11(7-15(18)21)8-22-23-16(24)10-28-13-4-2-12(20)3-5-13/h2-8H,9-10H2,1H3,(H,23,24)/b22-8-. The Hall–Kier alpha value is -1.74. The third-order valence-corrected chi connectivity index (χ3v) is 5.30. The van der Waals surface area contributed by atoms with E-state index in [1.165, 1.54) is 25.1 Å².